The number of hydrogen-bond donors (Lipinski definition) is 2. The summed E-state index contributed by atoms with van der Waals surface area (Å²) in [5, 5.41) is 7.00. The lowest BCUT2D eigenvalue weighted by Gasteiger charge is -2.13. The Labute approximate surface area is 186 Å². The first-order valence-electron chi connectivity index (χ1n) is 11.3. The lowest BCUT2D eigenvalue weighted by Crippen LogP contribution is -2.32. The van der Waals surface area contributed by atoms with Crippen LogP contribution >= 0.6 is 0 Å². The summed E-state index contributed by atoms with van der Waals surface area (Å²) in [6, 6.07) is 8.08. The zero-order valence-corrected chi connectivity index (χ0v) is 20.4. The van der Waals surface area contributed by atoms with Crippen LogP contribution in [0.2, 0.25) is 0 Å². The second kappa shape index (κ2) is 25.5. The van der Waals surface area contributed by atoms with Gasteiger partial charge in [0.1, 0.15) is 5.78 Å². The Hall–Kier alpha value is -1.52. The van der Waals surface area contributed by atoms with Crippen molar-refractivity contribution >= 4 is 5.78 Å². The number of unbranched alkanes of at least 4 members (excludes halogenated alkanes) is 1. The fourth-order valence-corrected chi connectivity index (χ4v) is 2.93. The molecule has 1 rings (SSSR count). The molecule has 0 aromatic heterocycles. The minimum atomic E-state index is -0.348. The molecule has 0 aliphatic carbocycles. The summed E-state index contributed by atoms with van der Waals surface area (Å²) in [5.74, 6) is 0.930. The lowest BCUT2D eigenvalue weighted by molar-refractivity contribution is -0.120. The van der Waals surface area contributed by atoms with E-state index in [0.29, 0.717) is 20.0 Å². The van der Waals surface area contributed by atoms with Crippen molar-refractivity contribution in [2.24, 2.45) is 11.7 Å². The van der Waals surface area contributed by atoms with Gasteiger partial charge in [-0.1, -0.05) is 83.7 Å². The number of alkyl halides is 1. The maximum atomic E-state index is 12.1. The Bertz CT molecular complexity index is 488. The highest BCUT2D eigenvalue weighted by atomic mass is 19.1. The van der Waals surface area contributed by atoms with Crippen molar-refractivity contribution in [1.29, 1.82) is 0 Å². The van der Waals surface area contributed by atoms with Gasteiger partial charge >= 0.3 is 0 Å². The summed E-state index contributed by atoms with van der Waals surface area (Å²) in [6.07, 6.45) is 11.2. The first-order valence-corrected chi connectivity index (χ1v) is 11.3. The molecule has 1 aromatic carbocycles. The lowest BCUT2D eigenvalue weighted by atomic mass is 9.95. The predicted octanol–water partition coefficient (Wildman–Crippen LogP) is 6.46. The van der Waals surface area contributed by atoms with E-state index in [-0.39, 0.29) is 11.8 Å². The molecule has 0 heterocycles. The summed E-state index contributed by atoms with van der Waals surface area (Å²) >= 11 is 0. The van der Waals surface area contributed by atoms with Crippen molar-refractivity contribution in [2.45, 2.75) is 91.5 Å². The number of halogens is 1. The van der Waals surface area contributed by atoms with Gasteiger partial charge in [0, 0.05) is 13.5 Å². The third kappa shape index (κ3) is 19.8. The van der Waals surface area contributed by atoms with E-state index in [1.54, 1.807) is 0 Å². The van der Waals surface area contributed by atoms with Gasteiger partial charge in [0.05, 0.1) is 13.2 Å². The fraction of sp³-hybridized carbons (Fsp3) is 0.654. The maximum Gasteiger partial charge on any atom is 0.149 e. The van der Waals surface area contributed by atoms with E-state index in [1.165, 1.54) is 24.8 Å². The van der Waals surface area contributed by atoms with Crippen LogP contribution in [0.4, 0.5) is 4.39 Å². The van der Waals surface area contributed by atoms with Gasteiger partial charge < -0.3 is 10.8 Å². The van der Waals surface area contributed by atoms with Gasteiger partial charge in [-0.05, 0) is 42.7 Å². The fourth-order valence-electron chi connectivity index (χ4n) is 2.93. The Kier molecular flexibility index (Phi) is 28.2. The van der Waals surface area contributed by atoms with Crippen molar-refractivity contribution in [2.75, 3.05) is 14.3 Å². The molecule has 0 radical (unpaired) electrons. The number of aryl methyl sites for hydroxylation is 1. The summed E-state index contributed by atoms with van der Waals surface area (Å²) in [7, 11) is 1.50. The number of ketones is 1. The van der Waals surface area contributed by atoms with E-state index in [2.05, 4.69) is 58.5 Å². The van der Waals surface area contributed by atoms with Gasteiger partial charge in [0.15, 0.2) is 0 Å². The smallest absolute Gasteiger partial charge is 0.149 e. The number of allylic oxidation sites excluding steroid dienone is 1. The van der Waals surface area contributed by atoms with E-state index < -0.39 is 0 Å². The molecule has 0 fully saturated rings. The second-order valence-electron chi connectivity index (χ2n) is 7.31. The van der Waals surface area contributed by atoms with Crippen LogP contribution in [0, 0.1) is 5.92 Å². The third-order valence-corrected chi connectivity index (χ3v) is 4.69. The topological polar surface area (TPSA) is 63.3 Å². The zero-order valence-electron chi connectivity index (χ0n) is 20.4. The van der Waals surface area contributed by atoms with E-state index in [9.17, 15) is 9.18 Å². The number of aliphatic hydroxyl groups is 1. The molecular weight excluding hydrogens is 377 g/mol. The molecule has 0 aliphatic rings. The number of Topliss-reactive ketones (excluding diaryl/α,β-unsaturated/α-hetero) is 1. The van der Waals surface area contributed by atoms with Crippen LogP contribution in [-0.4, -0.2) is 31.2 Å². The molecule has 2 unspecified atom stereocenters. The van der Waals surface area contributed by atoms with Crippen LogP contribution in [-0.2, 0) is 17.6 Å². The SMILES string of the molecule is C=CCCC.CCCC(C)CCCC(=O)C(N)Cc1ccc(CC)cc1.CF.CO. The van der Waals surface area contributed by atoms with Crippen molar-refractivity contribution in [3.63, 3.8) is 0 Å². The molecule has 3 nitrogen and oxygen atoms in total. The molecule has 0 aliphatic heterocycles. The van der Waals surface area contributed by atoms with Gasteiger partial charge in [-0.3, -0.25) is 9.18 Å². The zero-order chi connectivity index (χ0) is 23.8. The third-order valence-electron chi connectivity index (χ3n) is 4.69. The molecule has 4 heteroatoms. The number of nitrogens with two attached hydrogens (primary N) is 1. The normalized spacial score (nSPS) is 11.4. The molecule has 1 aromatic rings. The van der Waals surface area contributed by atoms with Gasteiger partial charge in [0.25, 0.3) is 0 Å². The van der Waals surface area contributed by atoms with Crippen molar-refractivity contribution < 1.29 is 14.3 Å². The molecule has 0 bridgehead atoms. The Morgan fingerprint density at radius 2 is 1.60 bits per heavy atom. The van der Waals surface area contributed by atoms with Crippen LogP contribution < -0.4 is 5.73 Å². The molecule has 176 valence electrons. The Morgan fingerprint density at radius 1 is 1.07 bits per heavy atom. The van der Waals surface area contributed by atoms with Crippen LogP contribution in [0.3, 0.4) is 0 Å². The number of carbonyl (C=O) groups is 1. The molecule has 0 amide bonds. The quantitative estimate of drug-likeness (QED) is 0.378. The van der Waals surface area contributed by atoms with Crippen LogP contribution in [0.25, 0.3) is 0 Å². The maximum absolute atomic E-state index is 12.1. The summed E-state index contributed by atoms with van der Waals surface area (Å²) in [5.41, 5.74) is 8.53. The minimum absolute atomic E-state index is 0.207. The van der Waals surface area contributed by atoms with Gasteiger partial charge in [-0.25, -0.2) is 0 Å². The summed E-state index contributed by atoms with van der Waals surface area (Å²) < 4.78 is 9.50. The molecule has 0 spiro atoms. The Morgan fingerprint density at radius 3 is 2.00 bits per heavy atom. The average Bonchev–Trinajstić information content (AvgIpc) is 2.78. The summed E-state index contributed by atoms with van der Waals surface area (Å²) in [4.78, 5) is 12.1. The molecule has 0 saturated heterocycles. The highest BCUT2D eigenvalue weighted by Gasteiger charge is 2.14. The Balaban J connectivity index is -0.000000692. The van der Waals surface area contributed by atoms with Gasteiger partial charge in [-0.2, -0.15) is 0 Å². The highest BCUT2D eigenvalue weighted by Crippen LogP contribution is 2.15. The number of carbonyl (C=O) groups excluding carboxylic acids is 1. The van der Waals surface area contributed by atoms with Crippen LogP contribution in [0.1, 0.15) is 83.8 Å². The standard InChI is InChI=1S/C19H31NO.C5H10.CH3F.CH4O/c1-4-7-15(3)8-6-9-19(21)18(20)14-17-12-10-16(5-2)11-13-17;1-3-5-4-2;2*1-2/h10-13,15,18H,4-9,14,20H2,1-3H3;3H,1,4-5H2,2H3;1H3;2H,1H3. The summed E-state index contributed by atoms with van der Waals surface area (Å²) in [6.45, 7) is 12.3. The predicted molar refractivity (Wildman–Crippen MR) is 131 cm³/mol. The molecule has 30 heavy (non-hydrogen) atoms. The highest BCUT2D eigenvalue weighted by molar-refractivity contribution is 5.84. The van der Waals surface area contributed by atoms with E-state index >= 15 is 0 Å². The van der Waals surface area contributed by atoms with E-state index in [0.717, 1.165) is 44.3 Å². The van der Waals surface area contributed by atoms with Crippen LogP contribution in [0.5, 0.6) is 0 Å². The number of rotatable bonds is 12. The first kappa shape index (κ1) is 33.1. The molecule has 0 saturated carbocycles. The van der Waals surface area contributed by atoms with Gasteiger partial charge in [0.2, 0.25) is 0 Å². The first-order chi connectivity index (χ1) is 14.5. The van der Waals surface area contributed by atoms with E-state index in [4.69, 9.17) is 10.8 Å². The van der Waals surface area contributed by atoms with Crippen molar-refractivity contribution in [3.8, 4) is 0 Å². The average molecular weight is 426 g/mol. The monoisotopic (exact) mass is 425 g/mol. The number of benzene rings is 1. The number of aliphatic hydroxyl groups excluding tert-OH is 1. The molecule has 2 atom stereocenters. The molecule has 3 N–H and O–H groups in total. The van der Waals surface area contributed by atoms with Crippen molar-refractivity contribution in [1.82, 2.24) is 0 Å². The van der Waals surface area contributed by atoms with E-state index in [1.807, 2.05) is 6.08 Å². The minimum Gasteiger partial charge on any atom is -0.400 e. The largest absolute Gasteiger partial charge is 0.400 e. The van der Waals surface area contributed by atoms with Crippen LogP contribution in [0.15, 0.2) is 36.9 Å². The molecular formula is C26H48FNO2. The second-order valence-corrected chi connectivity index (χ2v) is 7.31. The van der Waals surface area contributed by atoms with Gasteiger partial charge in [-0.15, -0.1) is 6.58 Å². The van der Waals surface area contributed by atoms with Crippen molar-refractivity contribution in [3.05, 3.63) is 48.0 Å². The number of hydrogen-bond acceptors (Lipinski definition) is 3.